The zero-order valence-electron chi connectivity index (χ0n) is 6.90. The van der Waals surface area contributed by atoms with Gasteiger partial charge in [-0.2, -0.15) is 0 Å². The van der Waals surface area contributed by atoms with Gasteiger partial charge in [-0.1, -0.05) is 11.6 Å². The summed E-state index contributed by atoms with van der Waals surface area (Å²) in [7, 11) is 0. The Morgan fingerprint density at radius 3 is 2.64 bits per heavy atom. The van der Waals surface area contributed by atoms with Gasteiger partial charge in [0.1, 0.15) is 6.42 Å². The van der Waals surface area contributed by atoms with Gasteiger partial charge in [-0.15, -0.1) is 10.2 Å². The van der Waals surface area contributed by atoms with Crippen LogP contribution in [0.25, 0.3) is 0 Å². The van der Waals surface area contributed by atoms with Gasteiger partial charge >= 0.3 is 5.97 Å². The zero-order valence-corrected chi connectivity index (χ0v) is 7.65. The fraction of sp³-hybridized carbons (Fsp3) is 0.143. The Bertz CT molecular complexity index is 352. The van der Waals surface area contributed by atoms with Gasteiger partial charge in [0, 0.05) is 0 Å². The summed E-state index contributed by atoms with van der Waals surface area (Å²) in [6.07, 6.45) is -0.607. The number of hydrogen-bond donors (Lipinski definition) is 2. The average Bonchev–Trinajstić information content (AvgIpc) is 2.07. The number of amides is 1. The fourth-order valence-corrected chi connectivity index (χ4v) is 0.808. The zero-order chi connectivity index (χ0) is 10.6. The third-order valence-corrected chi connectivity index (χ3v) is 1.41. The molecule has 2 N–H and O–H groups in total. The summed E-state index contributed by atoms with van der Waals surface area (Å²) < 4.78 is 0. The Morgan fingerprint density at radius 1 is 1.43 bits per heavy atom. The van der Waals surface area contributed by atoms with Gasteiger partial charge < -0.3 is 10.4 Å². The monoisotopic (exact) mass is 215 g/mol. The van der Waals surface area contributed by atoms with Crippen LogP contribution in [-0.4, -0.2) is 27.2 Å². The summed E-state index contributed by atoms with van der Waals surface area (Å²) >= 11 is 5.45. The Kier molecular flexibility index (Phi) is 3.35. The van der Waals surface area contributed by atoms with E-state index in [1.165, 1.54) is 12.1 Å². The summed E-state index contributed by atoms with van der Waals surface area (Å²) in [5, 5.41) is 17.7. The van der Waals surface area contributed by atoms with Gasteiger partial charge in [0.2, 0.25) is 5.91 Å². The molecule has 0 aliphatic heterocycles. The highest BCUT2D eigenvalue weighted by molar-refractivity contribution is 6.29. The minimum atomic E-state index is -1.20. The molecule has 0 fully saturated rings. The average molecular weight is 216 g/mol. The number of carboxylic acid groups (broad SMARTS) is 1. The maximum atomic E-state index is 10.9. The van der Waals surface area contributed by atoms with Gasteiger partial charge in [0.05, 0.1) is 0 Å². The Hall–Kier alpha value is -1.69. The lowest BCUT2D eigenvalue weighted by atomic mass is 10.4. The van der Waals surface area contributed by atoms with Crippen molar-refractivity contribution in [3.63, 3.8) is 0 Å². The number of nitrogens with zero attached hydrogens (tertiary/aromatic N) is 2. The highest BCUT2D eigenvalue weighted by Crippen LogP contribution is 2.05. The molecular weight excluding hydrogens is 210 g/mol. The van der Waals surface area contributed by atoms with Crippen LogP contribution in [0.2, 0.25) is 5.15 Å². The molecule has 1 heterocycles. The first-order valence-corrected chi connectivity index (χ1v) is 3.96. The van der Waals surface area contributed by atoms with Crippen molar-refractivity contribution >= 4 is 29.3 Å². The minimum absolute atomic E-state index is 0.167. The summed E-state index contributed by atoms with van der Waals surface area (Å²) in [6, 6.07) is 2.86. The van der Waals surface area contributed by atoms with E-state index in [9.17, 15) is 9.59 Å². The number of hydrogen-bond acceptors (Lipinski definition) is 4. The largest absolute Gasteiger partial charge is 0.481 e. The van der Waals surface area contributed by atoms with Gasteiger partial charge in [-0.05, 0) is 12.1 Å². The van der Waals surface area contributed by atoms with Crippen LogP contribution in [0.3, 0.4) is 0 Å². The molecule has 0 saturated carbocycles. The maximum Gasteiger partial charge on any atom is 0.312 e. The molecular formula is C7H6ClN3O3. The molecule has 1 rings (SSSR count). The third-order valence-electron chi connectivity index (χ3n) is 1.21. The van der Waals surface area contributed by atoms with Crippen molar-refractivity contribution in [2.45, 2.75) is 6.42 Å². The van der Waals surface area contributed by atoms with E-state index in [-0.39, 0.29) is 11.0 Å². The molecule has 0 atom stereocenters. The SMILES string of the molecule is O=C(O)CC(=O)Nc1ccc(Cl)nn1. The number of carboxylic acids is 1. The number of carbonyl (C=O) groups excluding carboxylic acids is 1. The minimum Gasteiger partial charge on any atom is -0.481 e. The molecule has 0 aromatic carbocycles. The van der Waals surface area contributed by atoms with Crippen LogP contribution in [0.5, 0.6) is 0 Å². The van der Waals surface area contributed by atoms with Gasteiger partial charge in [-0.25, -0.2) is 0 Å². The molecule has 0 radical (unpaired) electrons. The summed E-state index contributed by atoms with van der Waals surface area (Å²) in [6.45, 7) is 0. The molecule has 0 aliphatic carbocycles. The standard InChI is InChI=1S/C7H6ClN3O3/c8-4-1-2-5(11-10-4)9-6(12)3-7(13)14/h1-2H,3H2,(H,13,14)(H,9,11,12). The van der Waals surface area contributed by atoms with Gasteiger partial charge in [-0.3, -0.25) is 9.59 Å². The van der Waals surface area contributed by atoms with E-state index >= 15 is 0 Å². The molecule has 0 spiro atoms. The van der Waals surface area contributed by atoms with Crippen molar-refractivity contribution in [3.05, 3.63) is 17.3 Å². The summed E-state index contributed by atoms with van der Waals surface area (Å²) in [4.78, 5) is 21.1. The molecule has 0 aliphatic rings. The van der Waals surface area contributed by atoms with E-state index in [1.807, 2.05) is 0 Å². The lowest BCUT2D eigenvalue weighted by molar-refractivity contribution is -0.139. The number of halogens is 1. The van der Waals surface area contributed by atoms with E-state index in [1.54, 1.807) is 0 Å². The van der Waals surface area contributed by atoms with E-state index < -0.39 is 18.3 Å². The van der Waals surface area contributed by atoms with Gasteiger partial charge in [0.25, 0.3) is 0 Å². The first kappa shape index (κ1) is 10.4. The lowest BCUT2D eigenvalue weighted by Gasteiger charge is -2.00. The number of nitrogens with one attached hydrogen (secondary N) is 1. The van der Waals surface area contributed by atoms with Crippen molar-refractivity contribution in [2.75, 3.05) is 5.32 Å². The molecule has 14 heavy (non-hydrogen) atoms. The molecule has 74 valence electrons. The number of rotatable bonds is 3. The molecule has 1 aromatic rings. The Labute approximate surface area is 83.9 Å². The number of carbonyl (C=O) groups is 2. The van der Waals surface area contributed by atoms with Gasteiger partial charge in [0.15, 0.2) is 11.0 Å². The van der Waals surface area contributed by atoms with Crippen LogP contribution in [-0.2, 0) is 9.59 Å². The van der Waals surface area contributed by atoms with Crippen molar-refractivity contribution < 1.29 is 14.7 Å². The fourth-order valence-electron chi connectivity index (χ4n) is 0.707. The Balaban J connectivity index is 2.56. The Morgan fingerprint density at radius 2 is 2.14 bits per heavy atom. The smallest absolute Gasteiger partial charge is 0.312 e. The molecule has 0 bridgehead atoms. The predicted molar refractivity (Wildman–Crippen MR) is 47.9 cm³/mol. The molecule has 7 heteroatoms. The van der Waals surface area contributed by atoms with Crippen LogP contribution in [0.15, 0.2) is 12.1 Å². The second-order valence-electron chi connectivity index (χ2n) is 2.36. The number of aliphatic carboxylic acids is 1. The molecule has 0 saturated heterocycles. The first-order chi connectivity index (χ1) is 6.58. The van der Waals surface area contributed by atoms with E-state index in [0.717, 1.165) is 0 Å². The molecule has 0 unspecified atom stereocenters. The van der Waals surface area contributed by atoms with Crippen LogP contribution in [0, 0.1) is 0 Å². The van der Waals surface area contributed by atoms with Crippen LogP contribution in [0.4, 0.5) is 5.82 Å². The highest BCUT2D eigenvalue weighted by Gasteiger charge is 2.08. The molecule has 1 aromatic heterocycles. The molecule has 1 amide bonds. The second-order valence-corrected chi connectivity index (χ2v) is 2.75. The van der Waals surface area contributed by atoms with Crippen molar-refractivity contribution in [2.24, 2.45) is 0 Å². The third kappa shape index (κ3) is 3.36. The van der Waals surface area contributed by atoms with Crippen molar-refractivity contribution in [1.82, 2.24) is 10.2 Å². The van der Waals surface area contributed by atoms with E-state index in [4.69, 9.17) is 16.7 Å². The second kappa shape index (κ2) is 4.52. The quantitative estimate of drug-likeness (QED) is 0.718. The van der Waals surface area contributed by atoms with Crippen molar-refractivity contribution in [3.8, 4) is 0 Å². The molecule has 6 nitrogen and oxygen atoms in total. The predicted octanol–water partition coefficient (Wildman–Crippen LogP) is 0.543. The highest BCUT2D eigenvalue weighted by atomic mass is 35.5. The summed E-state index contributed by atoms with van der Waals surface area (Å²) in [5.74, 6) is -1.70. The number of anilines is 1. The topological polar surface area (TPSA) is 92.2 Å². The van der Waals surface area contributed by atoms with Crippen LogP contribution >= 0.6 is 11.6 Å². The van der Waals surface area contributed by atoms with Crippen LogP contribution < -0.4 is 5.32 Å². The van der Waals surface area contributed by atoms with E-state index in [2.05, 4.69) is 15.5 Å². The first-order valence-electron chi connectivity index (χ1n) is 3.59. The maximum absolute atomic E-state index is 10.9. The van der Waals surface area contributed by atoms with E-state index in [0.29, 0.717) is 0 Å². The van der Waals surface area contributed by atoms with Crippen molar-refractivity contribution in [1.29, 1.82) is 0 Å². The van der Waals surface area contributed by atoms with Crippen LogP contribution in [0.1, 0.15) is 6.42 Å². The lowest BCUT2D eigenvalue weighted by Crippen LogP contribution is -2.16. The normalized spacial score (nSPS) is 9.50. The summed E-state index contributed by atoms with van der Waals surface area (Å²) in [5.41, 5.74) is 0. The number of aromatic nitrogens is 2.